The van der Waals surface area contributed by atoms with E-state index in [-0.39, 0.29) is 6.03 Å². The second-order valence-corrected chi connectivity index (χ2v) is 4.41. The fraction of sp³-hybridized carbons (Fsp3) is 0. The minimum atomic E-state index is -0.370. The van der Waals surface area contributed by atoms with Crippen molar-refractivity contribution in [1.29, 1.82) is 0 Å². The van der Waals surface area contributed by atoms with Crippen LogP contribution in [0.15, 0.2) is 48.5 Å². The van der Waals surface area contributed by atoms with Gasteiger partial charge >= 0.3 is 6.03 Å². The molecule has 3 nitrogen and oxygen atoms in total. The van der Waals surface area contributed by atoms with E-state index in [9.17, 15) is 4.79 Å². The van der Waals surface area contributed by atoms with Gasteiger partial charge in [0.25, 0.3) is 0 Å². The van der Waals surface area contributed by atoms with E-state index in [0.29, 0.717) is 21.4 Å². The van der Waals surface area contributed by atoms with Gasteiger partial charge in [-0.2, -0.15) is 0 Å². The summed E-state index contributed by atoms with van der Waals surface area (Å²) in [4.78, 5) is 11.7. The van der Waals surface area contributed by atoms with Gasteiger partial charge < -0.3 is 10.6 Å². The molecule has 2 aromatic rings. The highest BCUT2D eigenvalue weighted by molar-refractivity contribution is 6.33. The molecule has 18 heavy (non-hydrogen) atoms. The molecule has 0 saturated heterocycles. The van der Waals surface area contributed by atoms with E-state index in [1.807, 2.05) is 0 Å². The Morgan fingerprint density at radius 2 is 1.72 bits per heavy atom. The highest BCUT2D eigenvalue weighted by atomic mass is 35.5. The van der Waals surface area contributed by atoms with Crippen molar-refractivity contribution in [1.82, 2.24) is 0 Å². The number of para-hydroxylation sites is 1. The van der Waals surface area contributed by atoms with E-state index in [2.05, 4.69) is 10.6 Å². The zero-order valence-electron chi connectivity index (χ0n) is 9.28. The van der Waals surface area contributed by atoms with Crippen LogP contribution in [0.1, 0.15) is 0 Å². The third-order valence-electron chi connectivity index (χ3n) is 2.20. The first-order valence-corrected chi connectivity index (χ1v) is 5.99. The van der Waals surface area contributed by atoms with Crippen LogP contribution in [0.3, 0.4) is 0 Å². The summed E-state index contributed by atoms with van der Waals surface area (Å²) in [5, 5.41) is 6.36. The molecule has 0 aliphatic rings. The van der Waals surface area contributed by atoms with Crippen molar-refractivity contribution in [2.24, 2.45) is 0 Å². The Morgan fingerprint density at radius 1 is 0.944 bits per heavy atom. The maximum absolute atomic E-state index is 11.7. The van der Waals surface area contributed by atoms with Crippen LogP contribution in [-0.2, 0) is 0 Å². The summed E-state index contributed by atoms with van der Waals surface area (Å²) in [7, 11) is 0. The van der Waals surface area contributed by atoms with Gasteiger partial charge in [0.15, 0.2) is 0 Å². The van der Waals surface area contributed by atoms with Gasteiger partial charge in [-0.05, 0) is 30.3 Å². The van der Waals surface area contributed by atoms with Crippen LogP contribution in [0.5, 0.6) is 0 Å². The molecule has 0 aliphatic heterocycles. The first-order valence-electron chi connectivity index (χ1n) is 5.23. The lowest BCUT2D eigenvalue weighted by molar-refractivity contribution is 0.262. The fourth-order valence-corrected chi connectivity index (χ4v) is 1.79. The van der Waals surface area contributed by atoms with E-state index >= 15 is 0 Å². The largest absolute Gasteiger partial charge is 0.323 e. The van der Waals surface area contributed by atoms with E-state index in [1.165, 1.54) is 0 Å². The number of carbonyl (C=O) groups is 1. The molecule has 0 radical (unpaired) electrons. The number of benzene rings is 2. The molecule has 0 saturated carbocycles. The number of urea groups is 1. The molecule has 2 amide bonds. The van der Waals surface area contributed by atoms with Crippen molar-refractivity contribution in [2.75, 3.05) is 10.6 Å². The molecule has 92 valence electrons. The molecule has 0 aliphatic carbocycles. The Bertz CT molecular complexity index is 572. The number of carbonyl (C=O) groups excluding carboxylic acids is 1. The predicted octanol–water partition coefficient (Wildman–Crippen LogP) is 4.64. The monoisotopic (exact) mass is 280 g/mol. The van der Waals surface area contributed by atoms with Crippen LogP contribution in [0.2, 0.25) is 10.0 Å². The van der Waals surface area contributed by atoms with Crippen molar-refractivity contribution >= 4 is 40.6 Å². The standard InChI is InChI=1S/C13H10Cl2N2O/c14-9-4-3-5-10(8-9)16-13(18)17-12-7-2-1-6-11(12)15/h1-8H,(H2,16,17,18). The van der Waals surface area contributed by atoms with Crippen molar-refractivity contribution in [3.63, 3.8) is 0 Å². The Labute approximate surface area is 115 Å². The summed E-state index contributed by atoms with van der Waals surface area (Å²) in [6, 6.07) is 13.5. The van der Waals surface area contributed by atoms with Gasteiger partial charge in [0.1, 0.15) is 0 Å². The molecule has 2 aromatic carbocycles. The van der Waals surface area contributed by atoms with Gasteiger partial charge in [-0.25, -0.2) is 4.79 Å². The maximum Gasteiger partial charge on any atom is 0.323 e. The number of halogens is 2. The highest BCUT2D eigenvalue weighted by Gasteiger charge is 2.05. The summed E-state index contributed by atoms with van der Waals surface area (Å²) in [5.74, 6) is 0. The van der Waals surface area contributed by atoms with Crippen molar-refractivity contribution < 1.29 is 4.79 Å². The third kappa shape index (κ3) is 3.39. The summed E-state index contributed by atoms with van der Waals surface area (Å²) < 4.78 is 0. The van der Waals surface area contributed by atoms with Crippen molar-refractivity contribution in [3.8, 4) is 0 Å². The summed E-state index contributed by atoms with van der Waals surface area (Å²) in [6.07, 6.45) is 0. The minimum absolute atomic E-state index is 0.370. The second kappa shape index (κ2) is 5.76. The Kier molecular flexibility index (Phi) is 4.07. The van der Waals surface area contributed by atoms with Crippen molar-refractivity contribution in [2.45, 2.75) is 0 Å². The summed E-state index contributed by atoms with van der Waals surface area (Å²) >= 11 is 11.8. The van der Waals surface area contributed by atoms with Crippen LogP contribution in [0, 0.1) is 0 Å². The summed E-state index contributed by atoms with van der Waals surface area (Å²) in [6.45, 7) is 0. The first kappa shape index (κ1) is 12.7. The molecule has 2 rings (SSSR count). The average molecular weight is 281 g/mol. The lowest BCUT2D eigenvalue weighted by Gasteiger charge is -2.08. The zero-order valence-corrected chi connectivity index (χ0v) is 10.8. The van der Waals surface area contributed by atoms with Crippen LogP contribution in [-0.4, -0.2) is 6.03 Å². The lowest BCUT2D eigenvalue weighted by Crippen LogP contribution is -2.19. The van der Waals surface area contributed by atoms with Crippen molar-refractivity contribution in [3.05, 3.63) is 58.6 Å². The average Bonchev–Trinajstić information content (AvgIpc) is 2.32. The van der Waals surface area contributed by atoms with Crippen LogP contribution < -0.4 is 10.6 Å². The molecule has 0 heterocycles. The Morgan fingerprint density at radius 3 is 2.44 bits per heavy atom. The second-order valence-electron chi connectivity index (χ2n) is 3.57. The Balaban J connectivity index is 2.03. The lowest BCUT2D eigenvalue weighted by atomic mass is 10.3. The molecule has 2 N–H and O–H groups in total. The van der Waals surface area contributed by atoms with Gasteiger partial charge in [-0.3, -0.25) is 0 Å². The smallest absolute Gasteiger partial charge is 0.308 e. The van der Waals surface area contributed by atoms with E-state index in [1.54, 1.807) is 48.5 Å². The van der Waals surface area contributed by atoms with Crippen LogP contribution in [0.4, 0.5) is 16.2 Å². The Hall–Kier alpha value is -1.71. The normalized spacial score (nSPS) is 9.89. The number of hydrogen-bond donors (Lipinski definition) is 2. The number of amides is 2. The topological polar surface area (TPSA) is 41.1 Å². The molecule has 5 heteroatoms. The van der Waals surface area contributed by atoms with E-state index in [0.717, 1.165) is 0 Å². The van der Waals surface area contributed by atoms with Gasteiger partial charge in [0, 0.05) is 10.7 Å². The number of nitrogens with one attached hydrogen (secondary N) is 2. The molecule has 0 unspecified atom stereocenters. The number of rotatable bonds is 2. The third-order valence-corrected chi connectivity index (χ3v) is 2.77. The molecular weight excluding hydrogens is 271 g/mol. The fourth-order valence-electron chi connectivity index (χ4n) is 1.41. The van der Waals surface area contributed by atoms with Gasteiger partial charge in [0.05, 0.1) is 10.7 Å². The van der Waals surface area contributed by atoms with Crippen LogP contribution in [0.25, 0.3) is 0 Å². The van der Waals surface area contributed by atoms with Gasteiger partial charge in [-0.1, -0.05) is 41.4 Å². The number of anilines is 2. The first-order chi connectivity index (χ1) is 8.65. The minimum Gasteiger partial charge on any atom is -0.308 e. The van der Waals surface area contributed by atoms with E-state index in [4.69, 9.17) is 23.2 Å². The molecular formula is C13H10Cl2N2O. The number of hydrogen-bond acceptors (Lipinski definition) is 1. The molecule has 0 atom stereocenters. The molecule has 0 spiro atoms. The zero-order chi connectivity index (χ0) is 13.0. The van der Waals surface area contributed by atoms with E-state index < -0.39 is 0 Å². The molecule has 0 bridgehead atoms. The van der Waals surface area contributed by atoms with Crippen LogP contribution >= 0.6 is 23.2 Å². The maximum atomic E-state index is 11.7. The summed E-state index contributed by atoms with van der Waals surface area (Å²) in [5.41, 5.74) is 1.17. The van der Waals surface area contributed by atoms with Gasteiger partial charge in [0.2, 0.25) is 0 Å². The predicted molar refractivity (Wildman–Crippen MR) is 75.5 cm³/mol. The molecule has 0 fully saturated rings. The highest BCUT2D eigenvalue weighted by Crippen LogP contribution is 2.21. The molecule has 0 aromatic heterocycles. The quantitative estimate of drug-likeness (QED) is 0.827. The SMILES string of the molecule is O=C(Nc1cccc(Cl)c1)Nc1ccccc1Cl. The van der Waals surface area contributed by atoms with Gasteiger partial charge in [-0.15, -0.1) is 0 Å².